The number of carbonyl (C=O) groups excluding carboxylic acids is 1. The van der Waals surface area contributed by atoms with Gasteiger partial charge in [-0.25, -0.2) is 4.79 Å². The maximum atomic E-state index is 12.0. The molecule has 0 saturated heterocycles. The van der Waals surface area contributed by atoms with Crippen LogP contribution in [0.15, 0.2) is 30.3 Å². The summed E-state index contributed by atoms with van der Waals surface area (Å²) in [6.07, 6.45) is 1.55. The third kappa shape index (κ3) is 7.46. The molecule has 4 heteroatoms. The fraction of sp³-hybridized carbons (Fsp3) is 0.611. The average Bonchev–Trinajstić information content (AvgIpc) is 2.45. The molecular formula is C18H30N2O2. The molecule has 0 aliphatic carbocycles. The third-order valence-electron chi connectivity index (χ3n) is 3.43. The highest BCUT2D eigenvalue weighted by atomic mass is 16.6. The number of rotatable bonds is 7. The van der Waals surface area contributed by atoms with Crippen molar-refractivity contribution in [2.45, 2.75) is 65.1 Å². The van der Waals surface area contributed by atoms with Gasteiger partial charge in [0.05, 0.1) is 6.04 Å². The van der Waals surface area contributed by atoms with Gasteiger partial charge >= 0.3 is 6.09 Å². The van der Waals surface area contributed by atoms with Crippen LogP contribution in [0.25, 0.3) is 0 Å². The Kier molecular flexibility index (Phi) is 7.39. The van der Waals surface area contributed by atoms with Crippen LogP contribution in [0.2, 0.25) is 0 Å². The first kappa shape index (κ1) is 18.5. The van der Waals surface area contributed by atoms with Gasteiger partial charge in [0.2, 0.25) is 0 Å². The Labute approximate surface area is 134 Å². The highest BCUT2D eigenvalue weighted by molar-refractivity contribution is 5.68. The SMILES string of the molecule is CCC(C)NCCC(NC(=O)OC(C)(C)C)c1ccccc1. The van der Waals surface area contributed by atoms with E-state index in [1.165, 1.54) is 0 Å². The van der Waals surface area contributed by atoms with E-state index in [0.29, 0.717) is 6.04 Å². The van der Waals surface area contributed by atoms with Gasteiger partial charge in [0, 0.05) is 6.04 Å². The summed E-state index contributed by atoms with van der Waals surface area (Å²) in [5.74, 6) is 0. The molecule has 1 aromatic rings. The minimum atomic E-state index is -0.486. The molecule has 1 rings (SSSR count). The maximum absolute atomic E-state index is 12.0. The van der Waals surface area contributed by atoms with E-state index in [2.05, 4.69) is 24.5 Å². The molecule has 0 heterocycles. The minimum Gasteiger partial charge on any atom is -0.444 e. The lowest BCUT2D eigenvalue weighted by Gasteiger charge is -2.24. The predicted octanol–water partition coefficient (Wildman–Crippen LogP) is 4.03. The van der Waals surface area contributed by atoms with Crippen molar-refractivity contribution in [2.24, 2.45) is 0 Å². The van der Waals surface area contributed by atoms with E-state index in [0.717, 1.165) is 24.9 Å². The summed E-state index contributed by atoms with van der Waals surface area (Å²) in [7, 11) is 0. The van der Waals surface area contributed by atoms with Gasteiger partial charge in [-0.05, 0) is 52.6 Å². The molecule has 1 amide bonds. The van der Waals surface area contributed by atoms with Gasteiger partial charge in [-0.3, -0.25) is 0 Å². The first-order valence-corrected chi connectivity index (χ1v) is 8.09. The van der Waals surface area contributed by atoms with Gasteiger partial charge in [0.25, 0.3) is 0 Å². The van der Waals surface area contributed by atoms with Crippen molar-refractivity contribution >= 4 is 6.09 Å². The molecule has 0 saturated carbocycles. The second-order valence-corrected chi connectivity index (χ2v) is 6.66. The van der Waals surface area contributed by atoms with Crippen LogP contribution in [0.5, 0.6) is 0 Å². The van der Waals surface area contributed by atoms with E-state index in [9.17, 15) is 4.79 Å². The van der Waals surface area contributed by atoms with E-state index in [1.807, 2.05) is 51.1 Å². The van der Waals surface area contributed by atoms with E-state index >= 15 is 0 Å². The molecule has 124 valence electrons. The van der Waals surface area contributed by atoms with E-state index < -0.39 is 5.60 Å². The molecule has 0 aliphatic rings. The van der Waals surface area contributed by atoms with Crippen molar-refractivity contribution in [1.82, 2.24) is 10.6 Å². The lowest BCUT2D eigenvalue weighted by molar-refractivity contribution is 0.0501. The van der Waals surface area contributed by atoms with Gasteiger partial charge in [0.1, 0.15) is 5.60 Å². The Hall–Kier alpha value is -1.55. The number of amides is 1. The monoisotopic (exact) mass is 306 g/mol. The minimum absolute atomic E-state index is 0.0485. The summed E-state index contributed by atoms with van der Waals surface area (Å²) >= 11 is 0. The molecule has 0 aliphatic heterocycles. The molecule has 0 radical (unpaired) electrons. The fourth-order valence-electron chi connectivity index (χ4n) is 2.08. The Balaban J connectivity index is 2.65. The van der Waals surface area contributed by atoms with Gasteiger partial charge in [0.15, 0.2) is 0 Å². The Morgan fingerprint density at radius 3 is 2.41 bits per heavy atom. The van der Waals surface area contributed by atoms with Crippen molar-refractivity contribution < 1.29 is 9.53 Å². The van der Waals surface area contributed by atoms with Crippen molar-refractivity contribution in [3.8, 4) is 0 Å². The average molecular weight is 306 g/mol. The second kappa shape index (κ2) is 8.79. The first-order chi connectivity index (χ1) is 10.3. The molecule has 0 aromatic heterocycles. The highest BCUT2D eigenvalue weighted by Crippen LogP contribution is 2.17. The molecule has 2 atom stereocenters. The summed E-state index contributed by atoms with van der Waals surface area (Å²) in [6.45, 7) is 10.8. The van der Waals surface area contributed by atoms with Crippen molar-refractivity contribution in [1.29, 1.82) is 0 Å². The zero-order chi connectivity index (χ0) is 16.6. The Morgan fingerprint density at radius 1 is 1.23 bits per heavy atom. The normalized spacial score (nSPS) is 14.2. The molecule has 4 nitrogen and oxygen atoms in total. The van der Waals surface area contributed by atoms with Crippen LogP contribution in [-0.2, 0) is 4.74 Å². The largest absolute Gasteiger partial charge is 0.444 e. The number of alkyl carbamates (subject to hydrolysis) is 1. The predicted molar refractivity (Wildman–Crippen MR) is 90.9 cm³/mol. The Bertz CT molecular complexity index is 440. The van der Waals surface area contributed by atoms with Gasteiger partial charge < -0.3 is 15.4 Å². The molecule has 1 aromatic carbocycles. The van der Waals surface area contributed by atoms with Crippen LogP contribution >= 0.6 is 0 Å². The van der Waals surface area contributed by atoms with Gasteiger partial charge in [-0.2, -0.15) is 0 Å². The molecule has 22 heavy (non-hydrogen) atoms. The first-order valence-electron chi connectivity index (χ1n) is 8.09. The standard InChI is InChI=1S/C18H30N2O2/c1-6-14(2)19-13-12-16(15-10-8-7-9-11-15)20-17(21)22-18(3,4)5/h7-11,14,16,19H,6,12-13H2,1-5H3,(H,20,21). The van der Waals surface area contributed by atoms with Gasteiger partial charge in [-0.15, -0.1) is 0 Å². The number of nitrogens with one attached hydrogen (secondary N) is 2. The number of carbonyl (C=O) groups is 1. The van der Waals surface area contributed by atoms with E-state index in [4.69, 9.17) is 4.74 Å². The van der Waals surface area contributed by atoms with Crippen LogP contribution in [0.1, 0.15) is 59.1 Å². The molecule has 2 N–H and O–H groups in total. The van der Waals surface area contributed by atoms with Gasteiger partial charge in [-0.1, -0.05) is 37.3 Å². The number of ether oxygens (including phenoxy) is 1. The summed E-state index contributed by atoms with van der Waals surface area (Å²) in [5.41, 5.74) is 0.611. The molecular weight excluding hydrogens is 276 g/mol. The quantitative estimate of drug-likeness (QED) is 0.799. The Morgan fingerprint density at radius 2 is 1.86 bits per heavy atom. The van der Waals surface area contributed by atoms with Crippen LogP contribution in [-0.4, -0.2) is 24.3 Å². The highest BCUT2D eigenvalue weighted by Gasteiger charge is 2.20. The van der Waals surface area contributed by atoms with E-state index in [-0.39, 0.29) is 12.1 Å². The molecule has 0 bridgehead atoms. The van der Waals surface area contributed by atoms with Crippen molar-refractivity contribution in [2.75, 3.05) is 6.54 Å². The van der Waals surface area contributed by atoms with Crippen LogP contribution < -0.4 is 10.6 Å². The number of hydrogen-bond donors (Lipinski definition) is 2. The van der Waals surface area contributed by atoms with Crippen LogP contribution in [0.4, 0.5) is 4.79 Å². The zero-order valence-electron chi connectivity index (χ0n) is 14.5. The number of hydrogen-bond acceptors (Lipinski definition) is 3. The topological polar surface area (TPSA) is 50.4 Å². The molecule has 0 fully saturated rings. The molecule has 0 spiro atoms. The molecule has 2 unspecified atom stereocenters. The van der Waals surface area contributed by atoms with E-state index in [1.54, 1.807) is 0 Å². The van der Waals surface area contributed by atoms with Crippen LogP contribution in [0, 0.1) is 0 Å². The third-order valence-corrected chi connectivity index (χ3v) is 3.43. The summed E-state index contributed by atoms with van der Waals surface area (Å²) in [6, 6.07) is 10.5. The van der Waals surface area contributed by atoms with Crippen molar-refractivity contribution in [3.63, 3.8) is 0 Å². The fourth-order valence-corrected chi connectivity index (χ4v) is 2.08. The lowest BCUT2D eigenvalue weighted by atomic mass is 10.0. The number of benzene rings is 1. The second-order valence-electron chi connectivity index (χ2n) is 6.66. The maximum Gasteiger partial charge on any atom is 0.408 e. The summed E-state index contributed by atoms with van der Waals surface area (Å²) < 4.78 is 5.37. The van der Waals surface area contributed by atoms with Crippen molar-refractivity contribution in [3.05, 3.63) is 35.9 Å². The zero-order valence-corrected chi connectivity index (χ0v) is 14.5. The lowest BCUT2D eigenvalue weighted by Crippen LogP contribution is -2.37. The smallest absolute Gasteiger partial charge is 0.408 e. The van der Waals surface area contributed by atoms with Crippen LogP contribution in [0.3, 0.4) is 0 Å². The summed E-state index contributed by atoms with van der Waals surface area (Å²) in [5, 5.41) is 6.44. The summed E-state index contributed by atoms with van der Waals surface area (Å²) in [4.78, 5) is 12.0.